The third kappa shape index (κ3) is 4.49. The van der Waals surface area contributed by atoms with Gasteiger partial charge in [-0.15, -0.1) is 0 Å². The molecule has 5 heteroatoms. The normalized spacial score (nSPS) is 23.9. The Balaban J connectivity index is 2.66. The van der Waals surface area contributed by atoms with E-state index in [1.807, 2.05) is 6.92 Å². The van der Waals surface area contributed by atoms with Crippen LogP contribution in [0, 0.1) is 5.92 Å². The maximum absolute atomic E-state index is 12.2. The summed E-state index contributed by atoms with van der Waals surface area (Å²) < 4.78 is 5.43. The van der Waals surface area contributed by atoms with Gasteiger partial charge in [-0.2, -0.15) is 0 Å². The minimum absolute atomic E-state index is 0.00894. The van der Waals surface area contributed by atoms with Crippen molar-refractivity contribution < 1.29 is 14.3 Å². The average Bonchev–Trinajstić information content (AvgIpc) is 2.34. The molecule has 0 aromatic carbocycles. The predicted octanol–water partition coefficient (Wildman–Crippen LogP) is 1.17. The second-order valence-electron chi connectivity index (χ2n) is 5.52. The van der Waals surface area contributed by atoms with Crippen LogP contribution in [0.25, 0.3) is 0 Å². The molecule has 1 N–H and O–H groups in total. The van der Waals surface area contributed by atoms with Crippen LogP contribution in [0.15, 0.2) is 0 Å². The maximum atomic E-state index is 12.2. The Kier molecular flexibility index (Phi) is 6.28. The van der Waals surface area contributed by atoms with Crippen molar-refractivity contribution in [2.24, 2.45) is 5.92 Å². The van der Waals surface area contributed by atoms with Gasteiger partial charge in [0, 0.05) is 13.2 Å². The van der Waals surface area contributed by atoms with E-state index in [1.54, 1.807) is 11.8 Å². The fourth-order valence-corrected chi connectivity index (χ4v) is 2.27. The molecule has 5 nitrogen and oxygen atoms in total. The summed E-state index contributed by atoms with van der Waals surface area (Å²) in [5, 5.41) is 2.75. The van der Waals surface area contributed by atoms with Crippen molar-refractivity contribution in [1.82, 2.24) is 10.2 Å². The Morgan fingerprint density at radius 3 is 2.58 bits per heavy atom. The van der Waals surface area contributed by atoms with E-state index in [0.717, 1.165) is 6.42 Å². The summed E-state index contributed by atoms with van der Waals surface area (Å²) in [4.78, 5) is 25.9. The first-order valence-electron chi connectivity index (χ1n) is 7.16. The van der Waals surface area contributed by atoms with Gasteiger partial charge in [0.25, 0.3) is 0 Å². The highest BCUT2D eigenvalue weighted by Crippen LogP contribution is 2.17. The maximum Gasteiger partial charge on any atom is 0.245 e. The zero-order valence-corrected chi connectivity index (χ0v) is 12.4. The van der Waals surface area contributed by atoms with Crippen LogP contribution in [-0.4, -0.2) is 48.6 Å². The number of ether oxygens (including phenoxy) is 1. The van der Waals surface area contributed by atoms with E-state index in [1.165, 1.54) is 0 Å². The lowest BCUT2D eigenvalue weighted by molar-refractivity contribution is -0.150. The summed E-state index contributed by atoms with van der Waals surface area (Å²) in [6.07, 6.45) is 1.65. The highest BCUT2D eigenvalue weighted by Gasteiger charge is 2.38. The number of rotatable bonds is 7. The summed E-state index contributed by atoms with van der Waals surface area (Å²) in [6.45, 7) is 9.57. The van der Waals surface area contributed by atoms with Gasteiger partial charge in [-0.3, -0.25) is 9.59 Å². The molecule has 19 heavy (non-hydrogen) atoms. The molecule has 0 saturated carbocycles. The van der Waals surface area contributed by atoms with Gasteiger partial charge >= 0.3 is 0 Å². The van der Waals surface area contributed by atoms with Gasteiger partial charge < -0.3 is 15.0 Å². The lowest BCUT2D eigenvalue weighted by atomic mass is 9.98. The molecule has 1 heterocycles. The zero-order chi connectivity index (χ0) is 14.4. The van der Waals surface area contributed by atoms with Crippen LogP contribution in [0.2, 0.25) is 0 Å². The van der Waals surface area contributed by atoms with Gasteiger partial charge in [0.2, 0.25) is 11.8 Å². The fraction of sp³-hybridized carbons (Fsp3) is 0.857. The summed E-state index contributed by atoms with van der Waals surface area (Å²) in [6, 6.07) is -0.781. The molecule has 0 aliphatic carbocycles. The van der Waals surface area contributed by atoms with Crippen molar-refractivity contribution in [3.8, 4) is 0 Å². The molecule has 2 atom stereocenters. The molecule has 1 rings (SSSR count). The molecule has 1 saturated heterocycles. The van der Waals surface area contributed by atoms with Crippen molar-refractivity contribution >= 4 is 11.8 Å². The zero-order valence-electron chi connectivity index (χ0n) is 12.4. The van der Waals surface area contributed by atoms with Crippen molar-refractivity contribution in [2.75, 3.05) is 19.8 Å². The molecular weight excluding hydrogens is 244 g/mol. The molecule has 2 unspecified atom stereocenters. The Bertz CT molecular complexity index is 318. The van der Waals surface area contributed by atoms with Crippen molar-refractivity contribution in [1.29, 1.82) is 0 Å². The Morgan fingerprint density at radius 2 is 2.00 bits per heavy atom. The van der Waals surface area contributed by atoms with E-state index in [9.17, 15) is 9.59 Å². The van der Waals surface area contributed by atoms with Gasteiger partial charge in [-0.1, -0.05) is 20.8 Å². The Morgan fingerprint density at radius 1 is 1.32 bits per heavy atom. The minimum atomic E-state index is -0.429. The van der Waals surface area contributed by atoms with Crippen LogP contribution in [0.3, 0.4) is 0 Å². The number of hydrogen-bond acceptors (Lipinski definition) is 3. The van der Waals surface area contributed by atoms with Crippen molar-refractivity contribution in [2.45, 2.75) is 52.6 Å². The number of carbonyl (C=O) groups is 2. The molecule has 1 fully saturated rings. The number of nitrogens with zero attached hydrogens (tertiary/aromatic N) is 1. The largest absolute Gasteiger partial charge is 0.380 e. The molecule has 110 valence electrons. The molecular formula is C14H26N2O3. The van der Waals surface area contributed by atoms with Crippen LogP contribution in [0.4, 0.5) is 0 Å². The van der Waals surface area contributed by atoms with Crippen LogP contribution in [0.1, 0.15) is 40.5 Å². The molecule has 0 aromatic heterocycles. The van der Waals surface area contributed by atoms with Crippen molar-refractivity contribution in [3.63, 3.8) is 0 Å². The van der Waals surface area contributed by atoms with E-state index in [-0.39, 0.29) is 17.9 Å². The van der Waals surface area contributed by atoms with Gasteiger partial charge in [-0.05, 0) is 25.7 Å². The Labute approximate surface area is 115 Å². The third-order valence-electron chi connectivity index (χ3n) is 3.21. The van der Waals surface area contributed by atoms with E-state index < -0.39 is 6.04 Å². The van der Waals surface area contributed by atoms with Crippen molar-refractivity contribution in [3.05, 3.63) is 0 Å². The minimum Gasteiger partial charge on any atom is -0.380 e. The van der Waals surface area contributed by atoms with E-state index in [0.29, 0.717) is 32.1 Å². The van der Waals surface area contributed by atoms with Crippen LogP contribution >= 0.6 is 0 Å². The fourth-order valence-electron chi connectivity index (χ4n) is 2.27. The monoisotopic (exact) mass is 270 g/mol. The summed E-state index contributed by atoms with van der Waals surface area (Å²) in [7, 11) is 0. The highest BCUT2D eigenvalue weighted by atomic mass is 16.5. The number of piperazine rings is 1. The quantitative estimate of drug-likeness (QED) is 0.707. The number of nitrogens with one attached hydrogen (secondary N) is 1. The van der Waals surface area contributed by atoms with E-state index >= 15 is 0 Å². The highest BCUT2D eigenvalue weighted by molar-refractivity contribution is 5.96. The lowest BCUT2D eigenvalue weighted by Crippen LogP contribution is -2.63. The first-order chi connectivity index (χ1) is 8.97. The molecule has 0 spiro atoms. The molecule has 0 radical (unpaired) electrons. The van der Waals surface area contributed by atoms with Gasteiger partial charge in [0.05, 0.1) is 6.61 Å². The molecule has 0 bridgehead atoms. The summed E-state index contributed by atoms with van der Waals surface area (Å²) in [5.41, 5.74) is 0. The van der Waals surface area contributed by atoms with E-state index in [2.05, 4.69) is 19.2 Å². The lowest BCUT2D eigenvalue weighted by Gasteiger charge is -2.38. The topological polar surface area (TPSA) is 58.6 Å². The third-order valence-corrected chi connectivity index (χ3v) is 3.21. The predicted molar refractivity (Wildman–Crippen MR) is 73.7 cm³/mol. The van der Waals surface area contributed by atoms with Crippen LogP contribution < -0.4 is 5.32 Å². The second kappa shape index (κ2) is 7.48. The SMILES string of the molecule is CCCOCCN1C(=O)C(C)NC(=O)C1CC(C)C. The smallest absolute Gasteiger partial charge is 0.245 e. The van der Waals surface area contributed by atoms with Gasteiger partial charge in [-0.25, -0.2) is 0 Å². The standard InChI is InChI=1S/C14H26N2O3/c1-5-7-19-8-6-16-12(9-10(2)3)13(17)15-11(4)14(16)18/h10-12H,5-9H2,1-4H3,(H,15,17). The molecule has 0 aromatic rings. The number of amides is 2. The Hall–Kier alpha value is -1.10. The first-order valence-corrected chi connectivity index (χ1v) is 7.16. The first kappa shape index (κ1) is 16.0. The van der Waals surface area contributed by atoms with Crippen LogP contribution in [0.5, 0.6) is 0 Å². The second-order valence-corrected chi connectivity index (χ2v) is 5.52. The van der Waals surface area contributed by atoms with E-state index in [4.69, 9.17) is 4.74 Å². The van der Waals surface area contributed by atoms with Crippen LogP contribution in [-0.2, 0) is 14.3 Å². The van der Waals surface area contributed by atoms with Gasteiger partial charge in [0.15, 0.2) is 0 Å². The van der Waals surface area contributed by atoms with Gasteiger partial charge in [0.1, 0.15) is 12.1 Å². The molecule has 1 aliphatic heterocycles. The molecule has 2 amide bonds. The average molecular weight is 270 g/mol. The molecule has 1 aliphatic rings. The summed E-state index contributed by atoms with van der Waals surface area (Å²) >= 11 is 0. The summed E-state index contributed by atoms with van der Waals surface area (Å²) in [5.74, 6) is 0.317. The number of carbonyl (C=O) groups excluding carboxylic acids is 2. The number of hydrogen-bond donors (Lipinski definition) is 1.